The van der Waals surface area contributed by atoms with Gasteiger partial charge in [-0.25, -0.2) is 9.98 Å². The number of amidine groups is 2. The minimum atomic E-state index is -0.474. The highest BCUT2D eigenvalue weighted by molar-refractivity contribution is 6.23. The monoisotopic (exact) mass is 1060 g/mol. The molecule has 1 aliphatic carbocycles. The molecule has 0 bridgehead atoms. The minimum absolute atomic E-state index is 0.297. The molecular formula is C78H55N5. The topological polar surface area (TPSA) is 46.6 Å². The van der Waals surface area contributed by atoms with E-state index < -0.39 is 6.17 Å². The molecule has 1 aliphatic heterocycles. The van der Waals surface area contributed by atoms with E-state index in [4.69, 9.17) is 9.98 Å². The van der Waals surface area contributed by atoms with Crippen molar-refractivity contribution in [1.82, 2.24) is 14.5 Å². The van der Waals surface area contributed by atoms with Crippen molar-refractivity contribution in [2.45, 2.75) is 25.4 Å². The van der Waals surface area contributed by atoms with Gasteiger partial charge in [0.2, 0.25) is 0 Å². The highest BCUT2D eigenvalue weighted by atomic mass is 15.2. The summed E-state index contributed by atoms with van der Waals surface area (Å²) in [5, 5.41) is 8.78. The van der Waals surface area contributed by atoms with Crippen molar-refractivity contribution in [1.29, 1.82) is 0 Å². The lowest BCUT2D eigenvalue weighted by Gasteiger charge is -2.28. The van der Waals surface area contributed by atoms with Gasteiger partial charge >= 0.3 is 0 Å². The van der Waals surface area contributed by atoms with E-state index in [0.29, 0.717) is 5.84 Å². The third-order valence-electron chi connectivity index (χ3n) is 17.4. The van der Waals surface area contributed by atoms with E-state index in [9.17, 15) is 0 Å². The molecule has 0 saturated carbocycles. The van der Waals surface area contributed by atoms with Crippen LogP contribution in [0.5, 0.6) is 0 Å². The summed E-state index contributed by atoms with van der Waals surface area (Å²) in [6, 6.07) is 104. The van der Waals surface area contributed by atoms with Crippen LogP contribution in [-0.4, -0.2) is 20.8 Å². The molecule has 12 aromatic carbocycles. The van der Waals surface area contributed by atoms with Crippen molar-refractivity contribution in [3.8, 4) is 67.0 Å². The SMILES string of the molecule is CC1(C)c2ccccc2-c2cccc(C3=NC(c4cccc(-c5ccccc5)c4)NC(c4ccc(-c5ccccc5)cc4-n4c5cc(-c6ccccc6)ccc5c5c(-c6cccc7c6c6ccccc6n7-c6ccccc6)cccc54)=N3)c21. The first kappa shape index (κ1) is 48.3. The summed E-state index contributed by atoms with van der Waals surface area (Å²) < 4.78 is 4.92. The second-order valence-corrected chi connectivity index (χ2v) is 22.5. The Balaban J connectivity index is 0.972. The van der Waals surface area contributed by atoms with E-state index in [2.05, 4.69) is 313 Å². The van der Waals surface area contributed by atoms with Gasteiger partial charge in [0.1, 0.15) is 12.0 Å². The lowest BCUT2D eigenvalue weighted by Crippen LogP contribution is -2.35. The van der Waals surface area contributed by atoms with Crippen molar-refractivity contribution < 1.29 is 0 Å². The second-order valence-electron chi connectivity index (χ2n) is 22.5. The third-order valence-corrected chi connectivity index (χ3v) is 17.4. The number of benzene rings is 12. The van der Waals surface area contributed by atoms with Gasteiger partial charge in [-0.05, 0) is 127 Å². The molecule has 0 radical (unpaired) electrons. The Morgan fingerprint density at radius 3 is 1.58 bits per heavy atom. The van der Waals surface area contributed by atoms with Crippen LogP contribution < -0.4 is 5.32 Å². The summed E-state index contributed by atoms with van der Waals surface area (Å²) in [5.74, 6) is 1.44. The van der Waals surface area contributed by atoms with E-state index in [1.54, 1.807) is 0 Å². The molecular weight excluding hydrogens is 1010 g/mol. The quantitative estimate of drug-likeness (QED) is 0.154. The zero-order chi connectivity index (χ0) is 55.2. The van der Waals surface area contributed by atoms with E-state index in [0.717, 1.165) is 83.7 Å². The van der Waals surface area contributed by atoms with Gasteiger partial charge in [-0.3, -0.25) is 0 Å². The molecule has 14 aromatic rings. The highest BCUT2D eigenvalue weighted by Crippen LogP contribution is 2.51. The number of aliphatic imine (C=N–C) groups is 2. The number of hydrogen-bond acceptors (Lipinski definition) is 3. The normalized spacial score (nSPS) is 14.4. The molecule has 5 heteroatoms. The maximum Gasteiger partial charge on any atom is 0.159 e. The van der Waals surface area contributed by atoms with Gasteiger partial charge < -0.3 is 14.5 Å². The van der Waals surface area contributed by atoms with Gasteiger partial charge in [0, 0.05) is 43.8 Å². The van der Waals surface area contributed by atoms with Crippen molar-refractivity contribution in [3.63, 3.8) is 0 Å². The van der Waals surface area contributed by atoms with Gasteiger partial charge in [0.15, 0.2) is 5.84 Å². The lowest BCUT2D eigenvalue weighted by molar-refractivity contribution is 0.654. The van der Waals surface area contributed by atoms with Crippen LogP contribution in [0.25, 0.3) is 111 Å². The predicted molar refractivity (Wildman–Crippen MR) is 346 cm³/mol. The summed E-state index contributed by atoms with van der Waals surface area (Å²) in [6.07, 6.45) is -0.474. The van der Waals surface area contributed by atoms with Crippen LogP contribution in [0.4, 0.5) is 0 Å². The molecule has 1 atom stereocenters. The minimum Gasteiger partial charge on any atom is -0.344 e. The highest BCUT2D eigenvalue weighted by Gasteiger charge is 2.39. The first-order valence-corrected chi connectivity index (χ1v) is 28.7. The van der Waals surface area contributed by atoms with E-state index in [1.165, 1.54) is 60.6 Å². The van der Waals surface area contributed by atoms with Crippen molar-refractivity contribution in [3.05, 3.63) is 313 Å². The first-order valence-electron chi connectivity index (χ1n) is 28.7. The molecule has 0 saturated heterocycles. The fourth-order valence-corrected chi connectivity index (χ4v) is 13.6. The predicted octanol–water partition coefficient (Wildman–Crippen LogP) is 19.4. The third kappa shape index (κ3) is 7.84. The average molecular weight is 1060 g/mol. The summed E-state index contributed by atoms with van der Waals surface area (Å²) in [7, 11) is 0. The zero-order valence-corrected chi connectivity index (χ0v) is 46.0. The fourth-order valence-electron chi connectivity index (χ4n) is 13.6. The van der Waals surface area contributed by atoms with E-state index in [1.807, 2.05) is 0 Å². The molecule has 0 fully saturated rings. The van der Waals surface area contributed by atoms with Crippen molar-refractivity contribution >= 4 is 55.3 Å². The maximum absolute atomic E-state index is 5.78. The second kappa shape index (κ2) is 19.3. The number of fused-ring (bicyclic) bond motifs is 9. The van der Waals surface area contributed by atoms with Crippen LogP contribution in [0.3, 0.4) is 0 Å². The Kier molecular flexibility index (Phi) is 11.2. The van der Waals surface area contributed by atoms with Crippen LogP contribution in [0.1, 0.15) is 47.8 Å². The summed E-state index contributed by atoms with van der Waals surface area (Å²) in [6.45, 7) is 4.69. The van der Waals surface area contributed by atoms with Crippen LogP contribution in [0.2, 0.25) is 0 Å². The molecule has 5 nitrogen and oxygen atoms in total. The lowest BCUT2D eigenvalue weighted by atomic mass is 9.80. The number of nitrogens with one attached hydrogen (secondary N) is 1. The molecule has 3 heterocycles. The van der Waals surface area contributed by atoms with Crippen LogP contribution in [0, 0.1) is 0 Å². The Labute approximate surface area is 482 Å². The number of hydrogen-bond donors (Lipinski definition) is 1. The van der Waals surface area contributed by atoms with E-state index in [-0.39, 0.29) is 5.41 Å². The Morgan fingerprint density at radius 1 is 0.361 bits per heavy atom. The smallest absolute Gasteiger partial charge is 0.159 e. The number of para-hydroxylation sites is 2. The standard InChI is InChI=1S/C78H55N5/c1-78(2)66-39-17-15-33-58(66)61-37-20-38-65(74(61)78)77-80-75(56-30-19-29-53(47-56)50-23-7-3-8-24-50)79-76(81-77)64-46-44-55(52-27-11-5-12-28-52)49-71(64)83-69-42-22-36-60(73(69)63-45-43-54(48-70(63)83)51-25-9-4-10-26-51)59-35-21-41-68-72(59)62-34-16-18-40-67(62)82(68)57-31-13-6-14-32-57/h3-49,75H,1-2H3,(H,79,80,81). The van der Waals surface area contributed by atoms with Crippen molar-refractivity contribution in [2.24, 2.45) is 9.98 Å². The summed E-state index contributed by atoms with van der Waals surface area (Å²) in [5.41, 5.74) is 23.6. The van der Waals surface area contributed by atoms with Gasteiger partial charge in [0.25, 0.3) is 0 Å². The Morgan fingerprint density at radius 2 is 0.867 bits per heavy atom. The maximum atomic E-state index is 5.78. The first-order chi connectivity index (χ1) is 40.9. The van der Waals surface area contributed by atoms with Gasteiger partial charge in [0.05, 0.1) is 27.8 Å². The molecule has 392 valence electrons. The zero-order valence-electron chi connectivity index (χ0n) is 46.0. The number of aromatic nitrogens is 2. The van der Waals surface area contributed by atoms with Crippen LogP contribution >= 0.6 is 0 Å². The van der Waals surface area contributed by atoms with Crippen molar-refractivity contribution in [2.75, 3.05) is 0 Å². The average Bonchev–Trinajstić information content (AvgIpc) is 2.12. The van der Waals surface area contributed by atoms with Gasteiger partial charge in [-0.2, -0.15) is 0 Å². The molecule has 16 rings (SSSR count). The largest absolute Gasteiger partial charge is 0.344 e. The Hall–Kier alpha value is -10.6. The summed E-state index contributed by atoms with van der Waals surface area (Å²) in [4.78, 5) is 11.4. The van der Waals surface area contributed by atoms with Gasteiger partial charge in [-0.1, -0.05) is 244 Å². The Bertz CT molecular complexity index is 4950. The molecule has 83 heavy (non-hydrogen) atoms. The molecule has 2 aliphatic rings. The molecule has 1 unspecified atom stereocenters. The van der Waals surface area contributed by atoms with Crippen LogP contribution in [0.15, 0.2) is 295 Å². The summed E-state index contributed by atoms with van der Waals surface area (Å²) >= 11 is 0. The molecule has 0 amide bonds. The molecule has 0 spiro atoms. The van der Waals surface area contributed by atoms with Gasteiger partial charge in [-0.15, -0.1) is 0 Å². The number of nitrogens with zero attached hydrogens (tertiary/aromatic N) is 4. The molecule has 1 N–H and O–H groups in total. The number of rotatable bonds is 9. The fraction of sp³-hybridized carbons (Fsp3) is 0.0513. The molecule has 2 aromatic heterocycles. The van der Waals surface area contributed by atoms with E-state index >= 15 is 0 Å². The van der Waals surface area contributed by atoms with Crippen LogP contribution in [-0.2, 0) is 5.41 Å².